The maximum atomic E-state index is 12.7. The Bertz CT molecular complexity index is 896. The van der Waals surface area contributed by atoms with Gasteiger partial charge >= 0.3 is 5.97 Å². The van der Waals surface area contributed by atoms with Gasteiger partial charge in [-0.2, -0.15) is 0 Å². The number of esters is 1. The van der Waals surface area contributed by atoms with Crippen LogP contribution in [0.25, 0.3) is 11.4 Å². The van der Waals surface area contributed by atoms with Crippen molar-refractivity contribution in [3.8, 4) is 17.1 Å². The molecule has 1 saturated carbocycles. The van der Waals surface area contributed by atoms with Gasteiger partial charge in [-0.05, 0) is 74.8 Å². The van der Waals surface area contributed by atoms with Gasteiger partial charge in [0, 0.05) is 26.0 Å². The molecule has 1 fully saturated rings. The van der Waals surface area contributed by atoms with E-state index in [2.05, 4.69) is 23.8 Å². The molecule has 0 aliphatic heterocycles. The average Bonchev–Trinajstić information content (AvgIpc) is 2.95. The predicted octanol–water partition coefficient (Wildman–Crippen LogP) is 9.13. The Kier molecular flexibility index (Phi) is 14.4. The van der Waals surface area contributed by atoms with Crippen molar-refractivity contribution in [2.75, 3.05) is 6.61 Å². The molecule has 0 radical (unpaired) electrons. The van der Waals surface area contributed by atoms with Crippen molar-refractivity contribution in [3.05, 3.63) is 42.2 Å². The zero-order chi connectivity index (χ0) is 26.8. The van der Waals surface area contributed by atoms with Gasteiger partial charge in [0.1, 0.15) is 5.75 Å². The molecule has 3 rings (SSSR count). The van der Waals surface area contributed by atoms with Gasteiger partial charge in [-0.25, -0.2) is 9.97 Å². The molecule has 1 aromatic heterocycles. The molecular weight excluding hydrogens is 472 g/mol. The first-order chi connectivity index (χ1) is 18.7. The second-order valence-corrected chi connectivity index (χ2v) is 11.0. The number of aromatic nitrogens is 2. The summed E-state index contributed by atoms with van der Waals surface area (Å²) in [7, 11) is 0. The molecule has 38 heavy (non-hydrogen) atoms. The lowest BCUT2D eigenvalue weighted by molar-refractivity contribution is -0.141. The lowest BCUT2D eigenvalue weighted by atomic mass is 9.87. The molecule has 5 heteroatoms. The molecule has 2 aromatic rings. The van der Waals surface area contributed by atoms with Crippen molar-refractivity contribution < 1.29 is 15.7 Å². The summed E-state index contributed by atoms with van der Waals surface area (Å²) >= 11 is 0. The first kappa shape index (κ1) is 30.3. The van der Waals surface area contributed by atoms with Crippen LogP contribution in [0.15, 0.2) is 36.7 Å². The number of aryl methyl sites for hydroxylation is 1. The number of ether oxygens (including phenoxy) is 2. The Morgan fingerprint density at radius 2 is 1.37 bits per heavy atom. The molecule has 0 spiro atoms. The van der Waals surface area contributed by atoms with Crippen molar-refractivity contribution in [1.29, 1.82) is 0 Å². The Labute approximate surface area is 232 Å². The van der Waals surface area contributed by atoms with Crippen molar-refractivity contribution in [2.24, 2.45) is 5.92 Å². The number of hydrogen-bond donors (Lipinski definition) is 0. The van der Waals surface area contributed by atoms with E-state index in [1.54, 1.807) is 0 Å². The molecule has 0 N–H and O–H groups in total. The second kappa shape index (κ2) is 18.1. The van der Waals surface area contributed by atoms with E-state index in [0.29, 0.717) is 17.7 Å². The highest BCUT2D eigenvalue weighted by Gasteiger charge is 2.28. The third-order valence-corrected chi connectivity index (χ3v) is 7.71. The molecule has 1 aliphatic rings. The molecule has 5 nitrogen and oxygen atoms in total. The van der Waals surface area contributed by atoms with Crippen LogP contribution in [0.1, 0.15) is 124 Å². The third kappa shape index (κ3) is 11.2. The minimum absolute atomic E-state index is 0. The Hall–Kier alpha value is -2.27. The Morgan fingerprint density at radius 1 is 0.789 bits per heavy atom. The van der Waals surface area contributed by atoms with E-state index < -0.39 is 0 Å². The maximum Gasteiger partial charge on any atom is 0.314 e. The highest BCUT2D eigenvalue weighted by molar-refractivity contribution is 5.75. The van der Waals surface area contributed by atoms with E-state index in [0.717, 1.165) is 50.7 Å². The van der Waals surface area contributed by atoms with Crippen LogP contribution >= 0.6 is 0 Å². The quantitative estimate of drug-likeness (QED) is 0.110. The van der Waals surface area contributed by atoms with Gasteiger partial charge in [-0.3, -0.25) is 4.79 Å². The molecule has 1 aliphatic carbocycles. The lowest BCUT2D eigenvalue weighted by Crippen LogP contribution is -2.29. The largest absolute Gasteiger partial charge is 0.426 e. The normalized spacial score (nSPS) is 17.4. The Balaban J connectivity index is 0.00000533. The van der Waals surface area contributed by atoms with Crippen molar-refractivity contribution >= 4 is 5.97 Å². The highest BCUT2D eigenvalue weighted by atomic mass is 16.5. The maximum absolute atomic E-state index is 12.7. The first-order valence-electron chi connectivity index (χ1n) is 15.4. The van der Waals surface area contributed by atoms with Gasteiger partial charge in [0.15, 0.2) is 5.82 Å². The highest BCUT2D eigenvalue weighted by Crippen LogP contribution is 2.29. The van der Waals surface area contributed by atoms with Crippen molar-refractivity contribution in [2.45, 2.75) is 129 Å². The van der Waals surface area contributed by atoms with E-state index in [-0.39, 0.29) is 13.3 Å². The zero-order valence-corrected chi connectivity index (χ0v) is 24.0. The molecule has 0 atom stereocenters. The Morgan fingerprint density at radius 3 is 2.00 bits per heavy atom. The smallest absolute Gasteiger partial charge is 0.314 e. The summed E-state index contributed by atoms with van der Waals surface area (Å²) in [6.07, 6.45) is 24.2. The molecule has 0 amide bonds. The van der Waals surface area contributed by atoms with E-state index >= 15 is 0 Å². The van der Waals surface area contributed by atoms with Crippen LogP contribution < -0.4 is 4.74 Å². The minimum Gasteiger partial charge on any atom is -0.426 e. The van der Waals surface area contributed by atoms with Gasteiger partial charge in [0.05, 0.1) is 12.0 Å². The minimum atomic E-state index is -0.123. The van der Waals surface area contributed by atoms with Gasteiger partial charge in [0.2, 0.25) is 0 Å². The summed E-state index contributed by atoms with van der Waals surface area (Å²) in [6, 6.07) is 7.54. The SMILES string of the molecule is CCCCCCCCOC1CCC(C(=O)Oc2ccc(-c3ncc(CCCCCCCC)cn3)cc2)CC1.[HH]. The molecule has 212 valence electrons. The topological polar surface area (TPSA) is 61.3 Å². The summed E-state index contributed by atoms with van der Waals surface area (Å²) in [5, 5.41) is 0. The van der Waals surface area contributed by atoms with Crippen LogP contribution in [0.2, 0.25) is 0 Å². The lowest BCUT2D eigenvalue weighted by Gasteiger charge is -2.27. The standard InChI is InChI=1S/C33H50N2O3.H2/c1-3-5-7-9-11-13-15-27-25-34-32(35-26-27)28-16-22-31(23-17-28)38-33(36)29-18-20-30(21-19-29)37-24-14-12-10-8-6-4-2;/h16-17,22-23,25-26,29-30H,3-15,18-21,24H2,1-2H3;1H. The van der Waals surface area contributed by atoms with Crippen molar-refractivity contribution in [1.82, 2.24) is 9.97 Å². The van der Waals surface area contributed by atoms with Crippen LogP contribution in [0.5, 0.6) is 5.75 Å². The molecular formula is C33H52N2O3. The van der Waals surface area contributed by atoms with Crippen LogP contribution in [0.3, 0.4) is 0 Å². The molecule has 1 heterocycles. The van der Waals surface area contributed by atoms with Gasteiger partial charge in [0.25, 0.3) is 0 Å². The number of hydrogen-bond acceptors (Lipinski definition) is 5. The fourth-order valence-corrected chi connectivity index (χ4v) is 5.21. The summed E-state index contributed by atoms with van der Waals surface area (Å²) < 4.78 is 11.8. The zero-order valence-electron chi connectivity index (χ0n) is 24.0. The summed E-state index contributed by atoms with van der Waals surface area (Å²) in [5.74, 6) is 1.13. The number of carbonyl (C=O) groups excluding carboxylic acids is 1. The van der Waals surface area contributed by atoms with Crippen LogP contribution in [-0.2, 0) is 16.0 Å². The summed E-state index contributed by atoms with van der Waals surface area (Å²) in [5.41, 5.74) is 2.12. The number of unbranched alkanes of at least 4 members (excludes halogenated alkanes) is 10. The fourth-order valence-electron chi connectivity index (χ4n) is 5.21. The van der Waals surface area contributed by atoms with Crippen LogP contribution in [-0.4, -0.2) is 28.6 Å². The van der Waals surface area contributed by atoms with Crippen molar-refractivity contribution in [3.63, 3.8) is 0 Å². The summed E-state index contributed by atoms with van der Waals surface area (Å²) in [4.78, 5) is 21.8. The van der Waals surface area contributed by atoms with E-state index in [1.807, 2.05) is 36.7 Å². The fraction of sp³-hybridized carbons (Fsp3) is 0.667. The second-order valence-electron chi connectivity index (χ2n) is 11.0. The van der Waals surface area contributed by atoms with Crippen LogP contribution in [0.4, 0.5) is 0 Å². The molecule has 0 unspecified atom stereocenters. The number of benzene rings is 1. The van der Waals surface area contributed by atoms with E-state index in [4.69, 9.17) is 9.47 Å². The number of carbonyl (C=O) groups is 1. The van der Waals surface area contributed by atoms with E-state index in [9.17, 15) is 4.79 Å². The van der Waals surface area contributed by atoms with Gasteiger partial charge in [-0.1, -0.05) is 78.1 Å². The van der Waals surface area contributed by atoms with Gasteiger partial charge < -0.3 is 9.47 Å². The number of nitrogens with zero attached hydrogens (tertiary/aromatic N) is 2. The number of rotatable bonds is 18. The monoisotopic (exact) mass is 524 g/mol. The van der Waals surface area contributed by atoms with Crippen LogP contribution in [0, 0.1) is 5.92 Å². The molecule has 0 saturated heterocycles. The van der Waals surface area contributed by atoms with Gasteiger partial charge in [-0.15, -0.1) is 0 Å². The third-order valence-electron chi connectivity index (χ3n) is 7.71. The summed E-state index contributed by atoms with van der Waals surface area (Å²) in [6.45, 7) is 5.35. The predicted molar refractivity (Wildman–Crippen MR) is 157 cm³/mol. The average molecular weight is 525 g/mol. The molecule has 0 bridgehead atoms. The first-order valence-corrected chi connectivity index (χ1v) is 15.4. The molecule has 1 aromatic carbocycles. The van der Waals surface area contributed by atoms with E-state index in [1.165, 1.54) is 76.2 Å².